The van der Waals surface area contributed by atoms with Crippen LogP contribution in [0, 0.1) is 26.7 Å². The summed E-state index contributed by atoms with van der Waals surface area (Å²) in [5.74, 6) is 0.565. The van der Waals surface area contributed by atoms with Crippen molar-refractivity contribution in [2.75, 3.05) is 18.7 Å². The van der Waals surface area contributed by atoms with Crippen LogP contribution in [0.3, 0.4) is 0 Å². The first-order valence-corrected chi connectivity index (χ1v) is 10.6. The number of ether oxygens (including phenoxy) is 1. The quantitative estimate of drug-likeness (QED) is 0.268. The molecule has 2 aromatic heterocycles. The second kappa shape index (κ2) is 8.50. The SMILES string of the molecule is C/C(COCNc1cc(C)c2[nH]c(-c3sc(C)nc3C)cc2c1)=C(/C)C(C)C. The summed E-state index contributed by atoms with van der Waals surface area (Å²) in [6, 6.07) is 6.56. The number of aromatic nitrogens is 2. The van der Waals surface area contributed by atoms with E-state index in [9.17, 15) is 0 Å². The highest BCUT2D eigenvalue weighted by molar-refractivity contribution is 7.15. The zero-order chi connectivity index (χ0) is 20.4. The van der Waals surface area contributed by atoms with Gasteiger partial charge in [-0.05, 0) is 69.9 Å². The standard InChI is InChI=1S/C23H31N3OS/c1-13(2)16(5)15(4)11-27-12-24-20-8-14(3)22-19(9-20)10-21(26-22)23-17(6)25-18(7)28-23/h8-10,13,24,26H,11-12H2,1-7H3/b16-15+. The maximum atomic E-state index is 5.83. The van der Waals surface area contributed by atoms with Crippen LogP contribution in [0.15, 0.2) is 29.3 Å². The Morgan fingerprint density at radius 2 is 1.93 bits per heavy atom. The lowest BCUT2D eigenvalue weighted by atomic mass is 10.0. The fraction of sp³-hybridized carbons (Fsp3) is 0.435. The molecule has 0 amide bonds. The van der Waals surface area contributed by atoms with Crippen molar-refractivity contribution in [3.8, 4) is 10.6 Å². The molecule has 2 N–H and O–H groups in total. The molecular formula is C23H31N3OS. The molecule has 28 heavy (non-hydrogen) atoms. The van der Waals surface area contributed by atoms with E-state index < -0.39 is 0 Å². The zero-order valence-electron chi connectivity index (χ0n) is 18.0. The van der Waals surface area contributed by atoms with Crippen LogP contribution >= 0.6 is 11.3 Å². The molecule has 4 nitrogen and oxygen atoms in total. The highest BCUT2D eigenvalue weighted by Crippen LogP contribution is 2.33. The van der Waals surface area contributed by atoms with Crippen LogP contribution in [0.2, 0.25) is 0 Å². The maximum absolute atomic E-state index is 5.83. The Kier molecular flexibility index (Phi) is 6.26. The third-order valence-electron chi connectivity index (χ3n) is 5.31. The maximum Gasteiger partial charge on any atom is 0.116 e. The molecule has 0 saturated heterocycles. The number of hydrogen-bond donors (Lipinski definition) is 2. The van der Waals surface area contributed by atoms with Gasteiger partial charge < -0.3 is 15.0 Å². The van der Waals surface area contributed by atoms with Crippen LogP contribution in [0.5, 0.6) is 0 Å². The number of H-pyrrole nitrogens is 1. The Bertz CT molecular complexity index is 1010. The number of allylic oxidation sites excluding steroid dienone is 1. The monoisotopic (exact) mass is 397 g/mol. The second-order valence-electron chi connectivity index (χ2n) is 7.88. The molecule has 0 aliphatic heterocycles. The van der Waals surface area contributed by atoms with Gasteiger partial charge in [0.15, 0.2) is 0 Å². The first-order chi connectivity index (χ1) is 13.3. The largest absolute Gasteiger partial charge is 0.363 e. The first-order valence-electron chi connectivity index (χ1n) is 9.82. The summed E-state index contributed by atoms with van der Waals surface area (Å²) in [4.78, 5) is 9.34. The van der Waals surface area contributed by atoms with Crippen LogP contribution in [0.4, 0.5) is 5.69 Å². The van der Waals surface area contributed by atoms with Crippen molar-refractivity contribution in [3.05, 3.63) is 45.6 Å². The Hall–Kier alpha value is -2.11. The van der Waals surface area contributed by atoms with Gasteiger partial charge in [0.05, 0.1) is 27.9 Å². The number of benzene rings is 1. The molecule has 150 valence electrons. The van der Waals surface area contributed by atoms with E-state index in [0.29, 0.717) is 19.3 Å². The highest BCUT2D eigenvalue weighted by atomic mass is 32.1. The van der Waals surface area contributed by atoms with Crippen molar-refractivity contribution >= 4 is 27.9 Å². The molecule has 0 saturated carbocycles. The molecule has 1 aromatic carbocycles. The number of aryl methyl sites for hydroxylation is 3. The summed E-state index contributed by atoms with van der Waals surface area (Å²) in [5.41, 5.74) is 8.42. The number of aromatic amines is 1. The van der Waals surface area contributed by atoms with Crippen LogP contribution in [-0.4, -0.2) is 23.3 Å². The number of thiazole rings is 1. The Morgan fingerprint density at radius 3 is 2.57 bits per heavy atom. The summed E-state index contributed by atoms with van der Waals surface area (Å²) in [6.07, 6.45) is 0. The number of hydrogen-bond acceptors (Lipinski definition) is 4. The number of nitrogens with zero attached hydrogens (tertiary/aromatic N) is 1. The molecule has 0 aliphatic rings. The summed E-state index contributed by atoms with van der Waals surface area (Å²) < 4.78 is 5.83. The Balaban J connectivity index is 1.72. The van der Waals surface area contributed by atoms with Crippen LogP contribution in [0.25, 0.3) is 21.5 Å². The summed E-state index contributed by atoms with van der Waals surface area (Å²) in [6.45, 7) is 16.2. The Morgan fingerprint density at radius 1 is 1.18 bits per heavy atom. The highest BCUT2D eigenvalue weighted by Gasteiger charge is 2.12. The van der Waals surface area contributed by atoms with Crippen molar-refractivity contribution in [2.24, 2.45) is 5.92 Å². The molecule has 2 heterocycles. The van der Waals surface area contributed by atoms with Crippen molar-refractivity contribution in [2.45, 2.75) is 48.5 Å². The summed E-state index contributed by atoms with van der Waals surface area (Å²) in [5, 5.41) is 5.70. The molecule has 0 atom stereocenters. The third kappa shape index (κ3) is 4.47. The van der Waals surface area contributed by atoms with E-state index in [0.717, 1.165) is 22.1 Å². The summed E-state index contributed by atoms with van der Waals surface area (Å²) >= 11 is 1.73. The smallest absolute Gasteiger partial charge is 0.116 e. The van der Waals surface area contributed by atoms with Crippen LogP contribution in [0.1, 0.15) is 44.0 Å². The minimum atomic E-state index is 0.498. The van der Waals surface area contributed by atoms with Crippen molar-refractivity contribution in [1.29, 1.82) is 0 Å². The fourth-order valence-electron chi connectivity index (χ4n) is 3.38. The predicted molar refractivity (Wildman–Crippen MR) is 121 cm³/mol. The van der Waals surface area contributed by atoms with Gasteiger partial charge in [0, 0.05) is 16.6 Å². The lowest BCUT2D eigenvalue weighted by molar-refractivity contribution is 0.175. The van der Waals surface area contributed by atoms with Gasteiger partial charge in [-0.3, -0.25) is 0 Å². The van der Waals surface area contributed by atoms with Gasteiger partial charge in [-0.1, -0.05) is 19.4 Å². The molecule has 5 heteroatoms. The van der Waals surface area contributed by atoms with E-state index in [1.54, 1.807) is 11.3 Å². The molecule has 0 radical (unpaired) electrons. The van der Waals surface area contributed by atoms with Gasteiger partial charge >= 0.3 is 0 Å². The fourth-order valence-corrected chi connectivity index (χ4v) is 4.27. The van der Waals surface area contributed by atoms with Gasteiger partial charge in [0.2, 0.25) is 0 Å². The molecule has 0 fully saturated rings. The predicted octanol–water partition coefficient (Wildman–Crippen LogP) is 6.60. The van der Waals surface area contributed by atoms with E-state index in [-0.39, 0.29) is 0 Å². The minimum absolute atomic E-state index is 0.498. The number of anilines is 1. The van der Waals surface area contributed by atoms with Crippen molar-refractivity contribution in [3.63, 3.8) is 0 Å². The number of rotatable bonds is 7. The van der Waals surface area contributed by atoms with Gasteiger partial charge in [-0.15, -0.1) is 11.3 Å². The van der Waals surface area contributed by atoms with Gasteiger partial charge in [-0.2, -0.15) is 0 Å². The van der Waals surface area contributed by atoms with Gasteiger partial charge in [0.1, 0.15) is 6.73 Å². The van der Waals surface area contributed by atoms with Crippen molar-refractivity contribution < 1.29 is 4.74 Å². The molecule has 3 rings (SSSR count). The lowest BCUT2D eigenvalue weighted by Crippen LogP contribution is -2.09. The third-order valence-corrected chi connectivity index (χ3v) is 6.42. The summed E-state index contributed by atoms with van der Waals surface area (Å²) in [7, 11) is 0. The first kappa shape index (κ1) is 20.6. The zero-order valence-corrected chi connectivity index (χ0v) is 18.8. The lowest BCUT2D eigenvalue weighted by Gasteiger charge is -2.13. The second-order valence-corrected chi connectivity index (χ2v) is 9.08. The normalized spacial score (nSPS) is 12.7. The van der Waals surface area contributed by atoms with E-state index in [1.807, 2.05) is 0 Å². The van der Waals surface area contributed by atoms with Gasteiger partial charge in [0.25, 0.3) is 0 Å². The van der Waals surface area contributed by atoms with E-state index >= 15 is 0 Å². The van der Waals surface area contributed by atoms with Crippen LogP contribution in [-0.2, 0) is 4.74 Å². The van der Waals surface area contributed by atoms with Crippen molar-refractivity contribution in [1.82, 2.24) is 9.97 Å². The molecular weight excluding hydrogens is 366 g/mol. The average Bonchev–Trinajstić information content (AvgIpc) is 3.20. The molecule has 3 aromatic rings. The van der Waals surface area contributed by atoms with Gasteiger partial charge in [-0.25, -0.2) is 4.98 Å². The average molecular weight is 398 g/mol. The minimum Gasteiger partial charge on any atom is -0.363 e. The molecule has 0 spiro atoms. The number of fused-ring (bicyclic) bond motifs is 1. The van der Waals surface area contributed by atoms with E-state index in [4.69, 9.17) is 4.74 Å². The molecule has 0 unspecified atom stereocenters. The number of nitrogens with one attached hydrogen (secondary N) is 2. The molecule has 0 bridgehead atoms. The Labute approximate surface area is 172 Å². The topological polar surface area (TPSA) is 49.9 Å². The van der Waals surface area contributed by atoms with E-state index in [2.05, 4.69) is 82.0 Å². The molecule has 0 aliphatic carbocycles. The van der Waals surface area contributed by atoms with Crippen LogP contribution < -0.4 is 5.32 Å². The van der Waals surface area contributed by atoms with E-state index in [1.165, 1.54) is 32.5 Å².